The lowest BCUT2D eigenvalue weighted by molar-refractivity contribution is -0.116. The van der Waals surface area contributed by atoms with Gasteiger partial charge in [0.05, 0.1) is 13.2 Å². The summed E-state index contributed by atoms with van der Waals surface area (Å²) in [4.78, 5) is 13.4. The van der Waals surface area contributed by atoms with Crippen molar-refractivity contribution >= 4 is 17.6 Å². The van der Waals surface area contributed by atoms with Gasteiger partial charge in [0.15, 0.2) is 0 Å². The second-order valence-electron chi connectivity index (χ2n) is 7.76. The van der Waals surface area contributed by atoms with Crippen LogP contribution in [-0.2, 0) is 4.79 Å². The molecular weight excluding hydrogens is 370 g/mol. The van der Waals surface area contributed by atoms with Crippen molar-refractivity contribution in [3.63, 3.8) is 0 Å². The predicted octanol–water partition coefficient (Wildman–Crippen LogP) is 6.14. The van der Waals surface area contributed by atoms with Crippen LogP contribution in [0.1, 0.15) is 43.0 Å². The number of carbonyl (C=O) groups excluding carboxylic acids is 1. The molecule has 0 heterocycles. The van der Waals surface area contributed by atoms with Crippen molar-refractivity contribution in [2.75, 3.05) is 7.11 Å². The molecule has 0 aliphatic rings. The van der Waals surface area contributed by atoms with Crippen LogP contribution in [0, 0.1) is 5.92 Å². The molecule has 0 spiro atoms. The third-order valence-corrected chi connectivity index (χ3v) is 4.97. The van der Waals surface area contributed by atoms with Crippen molar-refractivity contribution in [2.45, 2.75) is 26.3 Å². The molecule has 3 heteroatoms. The Bertz CT molecular complexity index is 961. The Morgan fingerprint density at radius 2 is 1.50 bits per heavy atom. The number of hydrogen-bond acceptors (Lipinski definition) is 2. The molecule has 0 bridgehead atoms. The lowest BCUT2D eigenvalue weighted by Gasteiger charge is -2.22. The highest BCUT2D eigenvalue weighted by Crippen LogP contribution is 2.25. The summed E-state index contributed by atoms with van der Waals surface area (Å²) in [5.74, 6) is 1.17. The number of carbonyl (C=O) groups is 1. The molecule has 0 fully saturated rings. The molecule has 154 valence electrons. The topological polar surface area (TPSA) is 38.3 Å². The smallest absolute Gasteiger partial charge is 0.252 e. The first-order chi connectivity index (χ1) is 14.6. The Hall–Kier alpha value is -3.33. The molecule has 0 radical (unpaired) electrons. The van der Waals surface area contributed by atoms with E-state index in [1.807, 2.05) is 78.9 Å². The first kappa shape index (κ1) is 21.4. The molecule has 3 nitrogen and oxygen atoms in total. The van der Waals surface area contributed by atoms with Crippen LogP contribution in [-0.4, -0.2) is 13.0 Å². The maximum atomic E-state index is 13.4. The minimum Gasteiger partial charge on any atom is -0.497 e. The summed E-state index contributed by atoms with van der Waals surface area (Å²) in [6.07, 6.45) is 2.81. The molecule has 3 aromatic rings. The summed E-state index contributed by atoms with van der Waals surface area (Å²) in [7, 11) is 1.64. The van der Waals surface area contributed by atoms with Gasteiger partial charge >= 0.3 is 0 Å². The van der Waals surface area contributed by atoms with E-state index in [1.165, 1.54) is 0 Å². The number of methoxy groups -OCH3 is 1. The molecule has 3 aromatic carbocycles. The van der Waals surface area contributed by atoms with Gasteiger partial charge in [-0.1, -0.05) is 86.6 Å². The second kappa shape index (κ2) is 10.4. The third kappa shape index (κ3) is 5.84. The Labute approximate surface area is 179 Å². The van der Waals surface area contributed by atoms with Crippen LogP contribution in [0.4, 0.5) is 0 Å². The van der Waals surface area contributed by atoms with Gasteiger partial charge in [0.2, 0.25) is 0 Å². The molecular formula is C27H29NO2. The normalized spacial score (nSPS) is 12.5. The number of benzene rings is 3. The minimum absolute atomic E-state index is 0.0401. The van der Waals surface area contributed by atoms with Gasteiger partial charge in [0.25, 0.3) is 5.91 Å². The second-order valence-corrected chi connectivity index (χ2v) is 7.76. The van der Waals surface area contributed by atoms with Crippen LogP contribution in [0.2, 0.25) is 0 Å². The standard InChI is InChI=1S/C27H29NO2/c1-20(2)18-26(23-12-8-5-9-13-23)28-27(29)25(22-10-6-4-7-11-22)19-21-14-16-24(30-3)17-15-21/h4-17,19-20,26H,18H2,1-3H3,(H,28,29)/b25-19+. The van der Waals surface area contributed by atoms with Crippen molar-refractivity contribution in [3.05, 3.63) is 102 Å². The highest BCUT2D eigenvalue weighted by atomic mass is 16.5. The highest BCUT2D eigenvalue weighted by molar-refractivity contribution is 6.24. The molecule has 0 aliphatic carbocycles. The van der Waals surface area contributed by atoms with E-state index in [2.05, 4.69) is 31.3 Å². The van der Waals surface area contributed by atoms with Gasteiger partial charge in [-0.2, -0.15) is 0 Å². The fraction of sp³-hybridized carbons (Fsp3) is 0.222. The van der Waals surface area contributed by atoms with Crippen LogP contribution in [0.3, 0.4) is 0 Å². The zero-order valence-electron chi connectivity index (χ0n) is 17.8. The van der Waals surface area contributed by atoms with Gasteiger partial charge in [-0.3, -0.25) is 4.79 Å². The molecule has 1 amide bonds. The van der Waals surface area contributed by atoms with E-state index in [9.17, 15) is 4.79 Å². The van der Waals surface area contributed by atoms with E-state index in [4.69, 9.17) is 4.74 Å². The molecule has 0 saturated heterocycles. The molecule has 30 heavy (non-hydrogen) atoms. The zero-order valence-corrected chi connectivity index (χ0v) is 17.8. The molecule has 3 rings (SSSR count). The van der Waals surface area contributed by atoms with E-state index < -0.39 is 0 Å². The van der Waals surface area contributed by atoms with Crippen LogP contribution in [0.15, 0.2) is 84.9 Å². The fourth-order valence-corrected chi connectivity index (χ4v) is 3.44. The lowest BCUT2D eigenvalue weighted by Crippen LogP contribution is -2.30. The molecule has 1 atom stereocenters. The molecule has 0 aromatic heterocycles. The Kier molecular flexibility index (Phi) is 7.45. The number of rotatable bonds is 8. The molecule has 1 unspecified atom stereocenters. The van der Waals surface area contributed by atoms with Crippen LogP contribution >= 0.6 is 0 Å². The Morgan fingerprint density at radius 1 is 0.900 bits per heavy atom. The van der Waals surface area contributed by atoms with E-state index in [0.717, 1.165) is 28.9 Å². The molecule has 0 saturated carbocycles. The molecule has 1 N–H and O–H groups in total. The Morgan fingerprint density at radius 3 is 2.07 bits per heavy atom. The predicted molar refractivity (Wildman–Crippen MR) is 124 cm³/mol. The van der Waals surface area contributed by atoms with Crippen molar-refractivity contribution in [1.29, 1.82) is 0 Å². The quantitative estimate of drug-likeness (QED) is 0.365. The largest absolute Gasteiger partial charge is 0.497 e. The van der Waals surface area contributed by atoms with Gasteiger partial charge < -0.3 is 10.1 Å². The van der Waals surface area contributed by atoms with E-state index in [0.29, 0.717) is 11.5 Å². The van der Waals surface area contributed by atoms with E-state index >= 15 is 0 Å². The van der Waals surface area contributed by atoms with Crippen LogP contribution in [0.5, 0.6) is 5.75 Å². The van der Waals surface area contributed by atoms with Crippen LogP contribution in [0.25, 0.3) is 11.6 Å². The summed E-state index contributed by atoms with van der Waals surface area (Å²) < 4.78 is 5.24. The average Bonchev–Trinajstić information content (AvgIpc) is 2.78. The minimum atomic E-state index is -0.0773. The first-order valence-electron chi connectivity index (χ1n) is 10.3. The highest BCUT2D eigenvalue weighted by Gasteiger charge is 2.19. The van der Waals surface area contributed by atoms with Crippen molar-refractivity contribution in [3.8, 4) is 5.75 Å². The summed E-state index contributed by atoms with van der Waals surface area (Å²) >= 11 is 0. The maximum Gasteiger partial charge on any atom is 0.252 e. The first-order valence-corrected chi connectivity index (χ1v) is 10.3. The van der Waals surface area contributed by atoms with Gasteiger partial charge in [-0.15, -0.1) is 0 Å². The number of nitrogens with one attached hydrogen (secondary N) is 1. The molecule has 0 aliphatic heterocycles. The van der Waals surface area contributed by atoms with Crippen LogP contribution < -0.4 is 10.1 Å². The van der Waals surface area contributed by atoms with Crippen molar-refractivity contribution in [2.24, 2.45) is 5.92 Å². The van der Waals surface area contributed by atoms with Gasteiger partial charge in [-0.25, -0.2) is 0 Å². The monoisotopic (exact) mass is 399 g/mol. The maximum absolute atomic E-state index is 13.4. The number of hydrogen-bond donors (Lipinski definition) is 1. The number of amides is 1. The van der Waals surface area contributed by atoms with Gasteiger partial charge in [-0.05, 0) is 47.2 Å². The summed E-state index contributed by atoms with van der Waals surface area (Å²) in [5, 5.41) is 3.27. The van der Waals surface area contributed by atoms with Gasteiger partial charge in [0.1, 0.15) is 5.75 Å². The SMILES string of the molecule is COc1ccc(/C=C(/C(=O)NC(CC(C)C)c2ccccc2)c2ccccc2)cc1. The zero-order chi connectivity index (χ0) is 21.3. The fourth-order valence-electron chi connectivity index (χ4n) is 3.44. The number of ether oxygens (including phenoxy) is 1. The summed E-state index contributed by atoms with van der Waals surface area (Å²) in [6.45, 7) is 4.35. The Balaban J connectivity index is 1.93. The van der Waals surface area contributed by atoms with Crippen molar-refractivity contribution in [1.82, 2.24) is 5.32 Å². The summed E-state index contributed by atoms with van der Waals surface area (Å²) in [6, 6.07) is 27.6. The van der Waals surface area contributed by atoms with E-state index in [1.54, 1.807) is 7.11 Å². The summed E-state index contributed by atoms with van der Waals surface area (Å²) in [5.41, 5.74) is 3.61. The third-order valence-electron chi connectivity index (χ3n) is 4.97. The average molecular weight is 400 g/mol. The van der Waals surface area contributed by atoms with Crippen molar-refractivity contribution < 1.29 is 9.53 Å². The van der Waals surface area contributed by atoms with Gasteiger partial charge in [0, 0.05) is 5.57 Å². The lowest BCUT2D eigenvalue weighted by atomic mass is 9.95. The van der Waals surface area contributed by atoms with E-state index in [-0.39, 0.29) is 11.9 Å².